The molecule has 0 radical (unpaired) electrons. The Hall–Kier alpha value is -3.62. The number of aryl methyl sites for hydroxylation is 1. The third kappa shape index (κ3) is 4.06. The first kappa shape index (κ1) is 19.8. The average molecular weight is 487 g/mol. The predicted octanol–water partition coefficient (Wildman–Crippen LogP) is 4.70. The summed E-state index contributed by atoms with van der Waals surface area (Å²) < 4.78 is 120. The predicted molar refractivity (Wildman–Crippen MR) is 109 cm³/mol. The first-order chi connectivity index (χ1) is 17.2. The van der Waals surface area contributed by atoms with Crippen LogP contribution in [-0.4, -0.2) is 33.7 Å². The van der Waals surface area contributed by atoms with Crippen LogP contribution >= 0.6 is 0 Å². The van der Waals surface area contributed by atoms with Gasteiger partial charge in [0.2, 0.25) is 0 Å². The van der Waals surface area contributed by atoms with Crippen LogP contribution in [0.5, 0.6) is 0 Å². The Morgan fingerprint density at radius 3 is 2.62 bits per heavy atom. The van der Waals surface area contributed by atoms with Gasteiger partial charge in [-0.3, -0.25) is 4.57 Å². The minimum absolute atomic E-state index is 0.182. The summed E-state index contributed by atoms with van der Waals surface area (Å²) in [6.07, 6.45) is -7.57. The molecule has 1 fully saturated rings. The molecule has 0 amide bonds. The van der Waals surface area contributed by atoms with Crippen molar-refractivity contribution in [1.82, 2.24) is 14.5 Å². The normalized spacial score (nSPS) is 16.4. The molecule has 5 nitrogen and oxygen atoms in total. The third-order valence-corrected chi connectivity index (χ3v) is 5.30. The van der Waals surface area contributed by atoms with Gasteiger partial charge in [-0.2, -0.15) is 18.2 Å². The van der Waals surface area contributed by atoms with Gasteiger partial charge in [-0.05, 0) is 37.0 Å². The number of aromatic nitrogens is 3. The summed E-state index contributed by atoms with van der Waals surface area (Å²) in [7, 11) is 0. The van der Waals surface area contributed by atoms with E-state index in [9.17, 15) is 31.1 Å². The van der Waals surface area contributed by atoms with E-state index in [-0.39, 0.29) is 17.4 Å². The van der Waals surface area contributed by atoms with Crippen molar-refractivity contribution in [3.8, 4) is 11.8 Å². The fourth-order valence-electron chi connectivity index (χ4n) is 3.36. The number of halogens is 7. The van der Waals surface area contributed by atoms with E-state index in [1.54, 1.807) is 0 Å². The summed E-state index contributed by atoms with van der Waals surface area (Å²) in [5.41, 5.74) is -5.83. The van der Waals surface area contributed by atoms with Crippen molar-refractivity contribution in [2.45, 2.75) is 25.4 Å². The zero-order chi connectivity index (χ0) is 27.3. The van der Waals surface area contributed by atoms with Crippen LogP contribution < -0.4 is 10.6 Å². The Labute approximate surface area is 192 Å². The first-order valence-electron chi connectivity index (χ1n) is 11.2. The van der Waals surface area contributed by atoms with Gasteiger partial charge in [0, 0.05) is 17.3 Å². The Morgan fingerprint density at radius 2 is 2.00 bits per heavy atom. The van der Waals surface area contributed by atoms with Gasteiger partial charge in [-0.25, -0.2) is 27.3 Å². The highest BCUT2D eigenvalue weighted by Crippen LogP contribution is 2.57. The molecular formula is C22H15F7N4O. The summed E-state index contributed by atoms with van der Waals surface area (Å²) in [5, 5.41) is -0.670. The molecule has 0 unspecified atom stereocenters. The topological polar surface area (TPSA) is 51.0 Å². The Bertz CT molecular complexity index is 1490. The fraction of sp³-hybridized carbons (Fsp3) is 0.318. The molecule has 0 aliphatic heterocycles. The quantitative estimate of drug-likeness (QED) is 0.396. The number of fused-ring (bicyclic) bond motifs is 1. The Kier molecular flexibility index (Phi) is 4.84. The van der Waals surface area contributed by atoms with E-state index in [1.165, 1.54) is 0 Å². The van der Waals surface area contributed by atoms with Crippen LogP contribution in [0.15, 0.2) is 35.3 Å². The van der Waals surface area contributed by atoms with Crippen LogP contribution in [0.1, 0.15) is 22.6 Å². The van der Waals surface area contributed by atoms with E-state index < -0.39 is 77.0 Å². The minimum atomic E-state index is -4.66. The van der Waals surface area contributed by atoms with Gasteiger partial charge in [0.1, 0.15) is 11.2 Å². The van der Waals surface area contributed by atoms with Gasteiger partial charge in [-0.15, -0.1) is 0 Å². The number of pyridine rings is 1. The van der Waals surface area contributed by atoms with Crippen molar-refractivity contribution in [3.05, 3.63) is 58.3 Å². The van der Waals surface area contributed by atoms with Crippen molar-refractivity contribution in [3.63, 3.8) is 0 Å². The highest BCUT2D eigenvalue weighted by atomic mass is 19.4. The van der Waals surface area contributed by atoms with Crippen molar-refractivity contribution in [2.24, 2.45) is 12.4 Å². The molecule has 178 valence electrons. The van der Waals surface area contributed by atoms with Gasteiger partial charge in [0.15, 0.2) is 17.3 Å². The Morgan fingerprint density at radius 1 is 1.26 bits per heavy atom. The van der Waals surface area contributed by atoms with Gasteiger partial charge >= 0.3 is 11.9 Å². The van der Waals surface area contributed by atoms with Crippen LogP contribution in [0.3, 0.4) is 0 Å². The van der Waals surface area contributed by atoms with Crippen molar-refractivity contribution < 1.29 is 34.8 Å². The van der Waals surface area contributed by atoms with E-state index in [1.807, 2.05) is 11.8 Å². The molecule has 0 bridgehead atoms. The molecule has 0 atom stereocenters. The van der Waals surface area contributed by atoms with Crippen LogP contribution in [0, 0.1) is 28.9 Å². The average Bonchev–Trinajstić information content (AvgIpc) is 3.57. The summed E-state index contributed by atoms with van der Waals surface area (Å²) in [5.74, 6) is 0.572. The first-order valence-corrected chi connectivity index (χ1v) is 9.68. The lowest BCUT2D eigenvalue weighted by molar-refractivity contribution is -0.168. The molecule has 2 aromatic heterocycles. The van der Waals surface area contributed by atoms with Crippen LogP contribution in [0.4, 0.5) is 42.2 Å². The van der Waals surface area contributed by atoms with Crippen molar-refractivity contribution in [2.75, 3.05) is 11.4 Å². The van der Waals surface area contributed by atoms with Crippen LogP contribution in [0.2, 0.25) is 0 Å². The van der Waals surface area contributed by atoms with E-state index in [4.69, 9.17) is 4.11 Å². The lowest BCUT2D eigenvalue weighted by Gasteiger charge is -2.25. The van der Waals surface area contributed by atoms with Crippen molar-refractivity contribution >= 4 is 22.4 Å². The Balaban J connectivity index is 1.94. The molecule has 0 spiro atoms. The van der Waals surface area contributed by atoms with Gasteiger partial charge in [0.05, 0.1) is 23.1 Å². The largest absolute Gasteiger partial charge is 0.405 e. The monoisotopic (exact) mass is 487 g/mol. The summed E-state index contributed by atoms with van der Waals surface area (Å²) in [6, 6.07) is 3.84. The second-order valence-corrected chi connectivity index (χ2v) is 7.51. The maximum Gasteiger partial charge on any atom is 0.405 e. The number of benzene rings is 1. The molecule has 1 aliphatic carbocycles. The summed E-state index contributed by atoms with van der Waals surface area (Å²) in [4.78, 5) is 20.1. The van der Waals surface area contributed by atoms with Gasteiger partial charge in [0.25, 0.3) is 6.43 Å². The molecule has 2 heterocycles. The minimum Gasteiger partial charge on any atom is -0.317 e. The highest BCUT2D eigenvalue weighted by molar-refractivity contribution is 5.92. The fourth-order valence-corrected chi connectivity index (χ4v) is 3.36. The van der Waals surface area contributed by atoms with Gasteiger partial charge in [-0.1, -0.05) is 12.0 Å². The molecular weight excluding hydrogens is 469 g/mol. The van der Waals surface area contributed by atoms with E-state index in [2.05, 4.69) is 9.97 Å². The third-order valence-electron chi connectivity index (χ3n) is 5.30. The molecule has 12 heteroatoms. The maximum atomic E-state index is 15.4. The van der Waals surface area contributed by atoms with Crippen molar-refractivity contribution in [1.29, 1.82) is 0 Å². The number of hydrogen-bond donors (Lipinski definition) is 0. The number of rotatable bonds is 4. The molecule has 3 aromatic rings. The smallest absolute Gasteiger partial charge is 0.317 e. The molecule has 1 aromatic carbocycles. The maximum absolute atomic E-state index is 15.4. The van der Waals surface area contributed by atoms with Crippen LogP contribution in [-0.2, 0) is 6.98 Å². The highest BCUT2D eigenvalue weighted by Gasteiger charge is 2.62. The molecule has 0 saturated heterocycles. The lowest BCUT2D eigenvalue weighted by atomic mass is 10.1. The SMILES string of the molecule is [2H]C([2H])([2H])n1c(=O)nc(N(CC(F)F)c2ccnc(C#CC3(C(F)(F)F)CC3)c2F)c2c(F)cccc21. The van der Waals surface area contributed by atoms with E-state index >= 15 is 4.39 Å². The van der Waals surface area contributed by atoms with Crippen LogP contribution in [0.25, 0.3) is 10.9 Å². The summed E-state index contributed by atoms with van der Waals surface area (Å²) in [6.45, 7) is -4.46. The molecule has 1 aliphatic rings. The van der Waals surface area contributed by atoms with E-state index in [0.29, 0.717) is 4.90 Å². The zero-order valence-corrected chi connectivity index (χ0v) is 16.9. The summed E-state index contributed by atoms with van der Waals surface area (Å²) >= 11 is 0. The molecule has 1 saturated carbocycles. The standard InChI is InChI=1S/C22H15F7N4O/c1-32-14-4-2-3-12(23)17(14)19(31-20(32)34)33(11-16(24)25)15-6-10-30-13(18(15)26)5-7-21(8-9-21)22(27,28)29/h2-4,6,10,16H,8-9,11H2,1H3/i1D3. The second kappa shape index (κ2) is 8.30. The molecule has 0 N–H and O–H groups in total. The molecule has 34 heavy (non-hydrogen) atoms. The lowest BCUT2D eigenvalue weighted by Crippen LogP contribution is -2.30. The number of alkyl halides is 5. The second-order valence-electron chi connectivity index (χ2n) is 7.51. The van der Waals surface area contributed by atoms with Gasteiger partial charge < -0.3 is 4.90 Å². The number of nitrogens with zero attached hydrogens (tertiary/aromatic N) is 4. The van der Waals surface area contributed by atoms with E-state index in [0.717, 1.165) is 30.5 Å². The number of hydrogen-bond acceptors (Lipinski definition) is 4. The molecule has 4 rings (SSSR count). The zero-order valence-electron chi connectivity index (χ0n) is 19.9. The number of anilines is 2.